The smallest absolute Gasteiger partial charge is 0.272 e. The number of rotatable bonds is 3. The molecule has 0 saturated carbocycles. The Balaban J connectivity index is 2.18. The number of nitrogens with zero attached hydrogens (tertiary/aromatic N) is 2. The zero-order valence-electron chi connectivity index (χ0n) is 9.52. The number of fused-ring (bicyclic) bond motifs is 1. The molecule has 2 rings (SSSR count). The molecule has 2 amide bonds. The Labute approximate surface area is 97.9 Å². The first-order chi connectivity index (χ1) is 8.09. The molecule has 0 radical (unpaired) electrons. The highest BCUT2D eigenvalue weighted by Gasteiger charge is 2.23. The van der Waals surface area contributed by atoms with Crippen molar-refractivity contribution in [3.05, 3.63) is 11.3 Å². The van der Waals surface area contributed by atoms with E-state index in [4.69, 9.17) is 10.5 Å². The van der Waals surface area contributed by atoms with Gasteiger partial charge in [0.15, 0.2) is 5.69 Å². The third-order valence-corrected chi connectivity index (χ3v) is 2.52. The fourth-order valence-electron chi connectivity index (χ4n) is 1.72. The second-order valence-corrected chi connectivity index (χ2v) is 3.85. The maximum Gasteiger partial charge on any atom is 0.272 e. The lowest BCUT2D eigenvalue weighted by molar-refractivity contribution is -0.117. The number of nitrogens with two attached hydrogens (primary N) is 1. The molecule has 1 aliphatic heterocycles. The minimum atomic E-state index is -0.587. The number of carbonyl (C=O) groups excluding carboxylic acids is 2. The summed E-state index contributed by atoms with van der Waals surface area (Å²) in [6, 6.07) is 0. The van der Waals surface area contributed by atoms with E-state index in [2.05, 4.69) is 10.4 Å². The van der Waals surface area contributed by atoms with Gasteiger partial charge in [-0.05, 0) is 6.92 Å². The highest BCUT2D eigenvalue weighted by atomic mass is 16.5. The SMILES string of the molecule is Cc1c(C(=O)NCC(N)=O)nn2c1OCCC2. The van der Waals surface area contributed by atoms with Gasteiger partial charge in [0.25, 0.3) is 5.91 Å². The van der Waals surface area contributed by atoms with Crippen molar-refractivity contribution in [2.24, 2.45) is 5.73 Å². The van der Waals surface area contributed by atoms with E-state index in [9.17, 15) is 9.59 Å². The average molecular weight is 238 g/mol. The van der Waals surface area contributed by atoms with Gasteiger partial charge in [-0.3, -0.25) is 9.59 Å². The number of hydrogen-bond acceptors (Lipinski definition) is 4. The first-order valence-corrected chi connectivity index (χ1v) is 5.36. The number of primary amides is 1. The normalized spacial score (nSPS) is 13.7. The van der Waals surface area contributed by atoms with E-state index in [0.29, 0.717) is 18.1 Å². The predicted octanol–water partition coefficient (Wildman–Crippen LogP) is -0.811. The van der Waals surface area contributed by atoms with Crippen LogP contribution in [0.3, 0.4) is 0 Å². The zero-order valence-corrected chi connectivity index (χ0v) is 9.52. The maximum atomic E-state index is 11.7. The lowest BCUT2D eigenvalue weighted by Gasteiger charge is -2.14. The number of nitrogens with one attached hydrogen (secondary N) is 1. The van der Waals surface area contributed by atoms with Gasteiger partial charge in [-0.15, -0.1) is 0 Å². The molecule has 0 bridgehead atoms. The van der Waals surface area contributed by atoms with Crippen LogP contribution in [0.15, 0.2) is 0 Å². The molecule has 0 unspecified atom stereocenters. The monoisotopic (exact) mass is 238 g/mol. The number of ether oxygens (including phenoxy) is 1. The number of hydrogen-bond donors (Lipinski definition) is 2. The van der Waals surface area contributed by atoms with Crippen molar-refractivity contribution in [3.63, 3.8) is 0 Å². The molecule has 3 N–H and O–H groups in total. The van der Waals surface area contributed by atoms with Gasteiger partial charge in [-0.2, -0.15) is 5.10 Å². The highest BCUT2D eigenvalue weighted by molar-refractivity contribution is 5.96. The molecule has 7 nitrogen and oxygen atoms in total. The summed E-state index contributed by atoms with van der Waals surface area (Å²) in [7, 11) is 0. The maximum absolute atomic E-state index is 11.7. The van der Waals surface area contributed by atoms with Gasteiger partial charge in [0.05, 0.1) is 13.2 Å². The van der Waals surface area contributed by atoms with Crippen molar-refractivity contribution in [2.45, 2.75) is 19.9 Å². The Morgan fingerprint density at radius 3 is 3.00 bits per heavy atom. The van der Waals surface area contributed by atoms with Crippen LogP contribution < -0.4 is 15.8 Å². The van der Waals surface area contributed by atoms with E-state index < -0.39 is 11.8 Å². The van der Waals surface area contributed by atoms with E-state index in [1.807, 2.05) is 0 Å². The number of amides is 2. The molecular weight excluding hydrogens is 224 g/mol. The van der Waals surface area contributed by atoms with Crippen LogP contribution in [-0.4, -0.2) is 34.7 Å². The summed E-state index contributed by atoms with van der Waals surface area (Å²) in [5.74, 6) is -0.372. The van der Waals surface area contributed by atoms with Gasteiger partial charge in [-0.1, -0.05) is 0 Å². The van der Waals surface area contributed by atoms with Crippen LogP contribution in [-0.2, 0) is 11.3 Å². The third-order valence-electron chi connectivity index (χ3n) is 2.52. The zero-order chi connectivity index (χ0) is 12.4. The topological polar surface area (TPSA) is 99.2 Å². The Kier molecular flexibility index (Phi) is 2.99. The van der Waals surface area contributed by atoms with Crippen LogP contribution in [0.2, 0.25) is 0 Å². The van der Waals surface area contributed by atoms with Gasteiger partial charge >= 0.3 is 0 Å². The lowest BCUT2D eigenvalue weighted by atomic mass is 10.2. The van der Waals surface area contributed by atoms with Crippen LogP contribution in [0, 0.1) is 6.92 Å². The molecule has 7 heteroatoms. The predicted molar refractivity (Wildman–Crippen MR) is 58.6 cm³/mol. The standard InChI is InChI=1S/C10H14N4O3/c1-6-8(9(16)12-5-7(11)15)13-14-3-2-4-17-10(6)14/h2-5H2,1H3,(H2,11,15)(H,12,16). The van der Waals surface area contributed by atoms with Crippen LogP contribution in [0.1, 0.15) is 22.5 Å². The summed E-state index contributed by atoms with van der Waals surface area (Å²) >= 11 is 0. The van der Waals surface area contributed by atoms with Crippen molar-refractivity contribution in [3.8, 4) is 5.88 Å². The number of carbonyl (C=O) groups is 2. The van der Waals surface area contributed by atoms with E-state index in [0.717, 1.165) is 13.0 Å². The lowest BCUT2D eigenvalue weighted by Crippen LogP contribution is -2.33. The Hall–Kier alpha value is -2.05. The van der Waals surface area contributed by atoms with Gasteiger partial charge in [-0.25, -0.2) is 4.68 Å². The van der Waals surface area contributed by atoms with Crippen molar-refractivity contribution in [1.29, 1.82) is 0 Å². The first-order valence-electron chi connectivity index (χ1n) is 5.36. The summed E-state index contributed by atoms with van der Waals surface area (Å²) in [6.45, 7) is 2.94. The summed E-state index contributed by atoms with van der Waals surface area (Å²) < 4.78 is 7.10. The van der Waals surface area contributed by atoms with Crippen molar-refractivity contribution in [2.75, 3.05) is 13.2 Å². The fourth-order valence-corrected chi connectivity index (χ4v) is 1.72. The minimum absolute atomic E-state index is 0.193. The van der Waals surface area contributed by atoms with Crippen LogP contribution in [0.4, 0.5) is 0 Å². The molecule has 1 aliphatic rings. The Bertz CT molecular complexity index is 466. The van der Waals surface area contributed by atoms with Crippen LogP contribution in [0.25, 0.3) is 0 Å². The van der Waals surface area contributed by atoms with Crippen molar-refractivity contribution in [1.82, 2.24) is 15.1 Å². The molecule has 2 heterocycles. The summed E-state index contributed by atoms with van der Waals surface area (Å²) in [4.78, 5) is 22.3. The van der Waals surface area contributed by atoms with Crippen LogP contribution >= 0.6 is 0 Å². The summed E-state index contributed by atoms with van der Waals surface area (Å²) in [5.41, 5.74) is 5.92. The molecular formula is C10H14N4O3. The molecule has 0 spiro atoms. The van der Waals surface area contributed by atoms with Gasteiger partial charge in [0.2, 0.25) is 11.8 Å². The summed E-state index contributed by atoms with van der Waals surface area (Å²) in [5, 5.41) is 6.56. The number of aromatic nitrogens is 2. The highest BCUT2D eigenvalue weighted by Crippen LogP contribution is 2.24. The van der Waals surface area contributed by atoms with E-state index in [-0.39, 0.29) is 12.2 Å². The molecule has 0 saturated heterocycles. The first kappa shape index (κ1) is 11.4. The Morgan fingerprint density at radius 2 is 2.35 bits per heavy atom. The van der Waals surface area contributed by atoms with E-state index in [1.54, 1.807) is 11.6 Å². The Morgan fingerprint density at radius 1 is 1.59 bits per heavy atom. The molecule has 0 atom stereocenters. The second-order valence-electron chi connectivity index (χ2n) is 3.85. The third kappa shape index (κ3) is 2.22. The minimum Gasteiger partial charge on any atom is -0.478 e. The molecule has 1 aromatic rings. The molecule has 17 heavy (non-hydrogen) atoms. The quantitative estimate of drug-likeness (QED) is 0.719. The van der Waals surface area contributed by atoms with Crippen LogP contribution in [0.5, 0.6) is 5.88 Å². The van der Waals surface area contributed by atoms with E-state index >= 15 is 0 Å². The fraction of sp³-hybridized carbons (Fsp3) is 0.500. The molecule has 0 aromatic carbocycles. The second kappa shape index (κ2) is 4.44. The average Bonchev–Trinajstić information content (AvgIpc) is 2.64. The largest absolute Gasteiger partial charge is 0.478 e. The number of aryl methyl sites for hydroxylation is 1. The van der Waals surface area contributed by atoms with Crippen molar-refractivity contribution < 1.29 is 14.3 Å². The van der Waals surface area contributed by atoms with Crippen molar-refractivity contribution >= 4 is 11.8 Å². The van der Waals surface area contributed by atoms with Gasteiger partial charge in [0, 0.05) is 18.5 Å². The molecule has 1 aromatic heterocycles. The van der Waals surface area contributed by atoms with E-state index in [1.165, 1.54) is 0 Å². The molecule has 92 valence electrons. The van der Waals surface area contributed by atoms with Gasteiger partial charge in [0.1, 0.15) is 0 Å². The van der Waals surface area contributed by atoms with Gasteiger partial charge < -0.3 is 15.8 Å². The molecule has 0 aliphatic carbocycles. The molecule has 0 fully saturated rings. The summed E-state index contributed by atoms with van der Waals surface area (Å²) in [6.07, 6.45) is 0.871.